The molecular weight excluding hydrogens is 403 g/mol. The van der Waals surface area contributed by atoms with E-state index in [2.05, 4.69) is 25.6 Å². The number of benzene rings is 2. The van der Waals surface area contributed by atoms with Crippen molar-refractivity contribution < 1.29 is 18.7 Å². The SMILES string of the molecule is Cc1c(CN2c3ccc(F)cc3OCC2Cc2nnn(C)n2)ccc2c1NC(=O)CO2. The van der Waals surface area contributed by atoms with E-state index >= 15 is 0 Å². The normalized spacial score (nSPS) is 17.3. The summed E-state index contributed by atoms with van der Waals surface area (Å²) < 4.78 is 25.2. The molecule has 3 heterocycles. The van der Waals surface area contributed by atoms with Crippen LogP contribution in [0.25, 0.3) is 0 Å². The number of ether oxygens (including phenoxy) is 2. The molecule has 3 aromatic rings. The number of rotatable bonds is 4. The number of nitrogens with one attached hydrogen (secondary N) is 1. The molecule has 10 heteroatoms. The highest BCUT2D eigenvalue weighted by molar-refractivity contribution is 5.96. The van der Waals surface area contributed by atoms with Gasteiger partial charge >= 0.3 is 0 Å². The van der Waals surface area contributed by atoms with Crippen molar-refractivity contribution in [3.8, 4) is 11.5 Å². The maximum atomic E-state index is 13.8. The lowest BCUT2D eigenvalue weighted by molar-refractivity contribution is -0.118. The van der Waals surface area contributed by atoms with Crippen LogP contribution in [-0.2, 0) is 24.8 Å². The van der Waals surface area contributed by atoms with Crippen molar-refractivity contribution in [3.63, 3.8) is 0 Å². The van der Waals surface area contributed by atoms with Crippen molar-refractivity contribution in [1.29, 1.82) is 0 Å². The van der Waals surface area contributed by atoms with E-state index in [0.717, 1.165) is 16.8 Å². The minimum atomic E-state index is -0.349. The van der Waals surface area contributed by atoms with Gasteiger partial charge in [-0.25, -0.2) is 4.39 Å². The summed E-state index contributed by atoms with van der Waals surface area (Å²) in [7, 11) is 1.72. The summed E-state index contributed by atoms with van der Waals surface area (Å²) in [6, 6.07) is 8.31. The van der Waals surface area contributed by atoms with Gasteiger partial charge in [0, 0.05) is 19.0 Å². The molecule has 160 valence electrons. The number of nitrogens with zero attached hydrogens (tertiary/aromatic N) is 5. The Balaban J connectivity index is 1.50. The van der Waals surface area contributed by atoms with E-state index in [-0.39, 0.29) is 24.4 Å². The summed E-state index contributed by atoms with van der Waals surface area (Å²) in [6.45, 7) is 2.86. The Morgan fingerprint density at radius 2 is 2.10 bits per heavy atom. The Labute approximate surface area is 177 Å². The van der Waals surface area contributed by atoms with Crippen LogP contribution < -0.4 is 19.7 Å². The monoisotopic (exact) mass is 424 g/mol. The number of carbonyl (C=O) groups is 1. The number of aromatic nitrogens is 4. The van der Waals surface area contributed by atoms with Crippen LogP contribution in [0.1, 0.15) is 17.0 Å². The number of hydrogen-bond acceptors (Lipinski definition) is 7. The van der Waals surface area contributed by atoms with Crippen molar-refractivity contribution in [1.82, 2.24) is 20.2 Å². The van der Waals surface area contributed by atoms with Gasteiger partial charge in [0.2, 0.25) is 0 Å². The highest BCUT2D eigenvalue weighted by Crippen LogP contribution is 2.38. The maximum Gasteiger partial charge on any atom is 0.262 e. The zero-order chi connectivity index (χ0) is 21.5. The van der Waals surface area contributed by atoms with Crippen LogP contribution in [0.15, 0.2) is 30.3 Å². The molecule has 2 aromatic carbocycles. The van der Waals surface area contributed by atoms with E-state index in [9.17, 15) is 9.18 Å². The first-order chi connectivity index (χ1) is 15.0. The zero-order valence-electron chi connectivity index (χ0n) is 17.1. The summed E-state index contributed by atoms with van der Waals surface area (Å²) in [4.78, 5) is 15.4. The first kappa shape index (κ1) is 19.3. The van der Waals surface area contributed by atoms with Crippen molar-refractivity contribution in [2.75, 3.05) is 23.4 Å². The molecule has 9 nitrogen and oxygen atoms in total. The van der Waals surface area contributed by atoms with Gasteiger partial charge in [-0.05, 0) is 41.5 Å². The molecule has 2 aliphatic rings. The average molecular weight is 424 g/mol. The summed E-state index contributed by atoms with van der Waals surface area (Å²) in [5, 5.41) is 15.2. The number of amides is 1. The molecule has 1 atom stereocenters. The van der Waals surface area contributed by atoms with E-state index in [1.54, 1.807) is 13.1 Å². The standard InChI is InChI=1S/C21H21FN6O3/c1-12-13(3-6-17-21(12)23-20(29)11-31-17)9-28-15(8-19-24-26-27(2)25-19)10-30-18-7-14(22)4-5-16(18)28/h3-7,15H,8-11H2,1-2H3,(H,23,29). The second-order valence-electron chi connectivity index (χ2n) is 7.66. The third kappa shape index (κ3) is 3.65. The third-order valence-corrected chi connectivity index (χ3v) is 5.57. The number of aryl methyl sites for hydroxylation is 1. The minimum absolute atomic E-state index is 0.0153. The number of halogens is 1. The fraction of sp³-hybridized carbons (Fsp3) is 0.333. The first-order valence-electron chi connectivity index (χ1n) is 9.95. The van der Waals surface area contributed by atoms with E-state index in [1.807, 2.05) is 19.1 Å². The molecule has 1 amide bonds. The third-order valence-electron chi connectivity index (χ3n) is 5.57. The quantitative estimate of drug-likeness (QED) is 0.685. The average Bonchev–Trinajstić information content (AvgIpc) is 3.16. The van der Waals surface area contributed by atoms with E-state index in [4.69, 9.17) is 9.47 Å². The van der Waals surface area contributed by atoms with Gasteiger partial charge in [-0.3, -0.25) is 4.79 Å². The predicted octanol–water partition coefficient (Wildman–Crippen LogP) is 2.00. The molecule has 5 rings (SSSR count). The Morgan fingerprint density at radius 3 is 2.90 bits per heavy atom. The van der Waals surface area contributed by atoms with Crippen molar-refractivity contribution in [3.05, 3.63) is 53.1 Å². The van der Waals surface area contributed by atoms with Gasteiger partial charge in [-0.2, -0.15) is 4.80 Å². The molecule has 1 N–H and O–H groups in total. The van der Waals surface area contributed by atoms with E-state index in [1.165, 1.54) is 16.9 Å². The molecule has 1 aromatic heterocycles. The van der Waals surface area contributed by atoms with Gasteiger partial charge in [-0.15, -0.1) is 10.2 Å². The largest absolute Gasteiger partial charge is 0.489 e. The topological polar surface area (TPSA) is 94.4 Å². The Morgan fingerprint density at radius 1 is 1.23 bits per heavy atom. The molecular formula is C21H21FN6O3. The molecule has 0 saturated carbocycles. The Bertz CT molecular complexity index is 1160. The van der Waals surface area contributed by atoms with Gasteiger partial charge in [0.05, 0.1) is 24.5 Å². The smallest absolute Gasteiger partial charge is 0.262 e. The Kier molecular flexibility index (Phi) is 4.68. The number of fused-ring (bicyclic) bond motifs is 2. The number of carbonyl (C=O) groups excluding carboxylic acids is 1. The van der Waals surface area contributed by atoms with E-state index < -0.39 is 0 Å². The molecule has 31 heavy (non-hydrogen) atoms. The van der Waals surface area contributed by atoms with Crippen LogP contribution in [-0.4, -0.2) is 45.4 Å². The number of tetrazole rings is 1. The molecule has 0 saturated heterocycles. The van der Waals surface area contributed by atoms with Gasteiger partial charge in [0.15, 0.2) is 12.4 Å². The molecule has 0 spiro atoms. The van der Waals surface area contributed by atoms with Gasteiger partial charge in [0.1, 0.15) is 23.9 Å². The summed E-state index contributed by atoms with van der Waals surface area (Å²) in [5.74, 6) is 1.24. The van der Waals surface area contributed by atoms with Crippen molar-refractivity contribution >= 4 is 17.3 Å². The summed E-state index contributed by atoms with van der Waals surface area (Å²) >= 11 is 0. The van der Waals surface area contributed by atoms with Crippen LogP contribution in [0.3, 0.4) is 0 Å². The van der Waals surface area contributed by atoms with Crippen molar-refractivity contribution in [2.45, 2.75) is 25.9 Å². The van der Waals surface area contributed by atoms with Crippen molar-refractivity contribution in [2.24, 2.45) is 7.05 Å². The van der Waals surface area contributed by atoms with Crippen LogP contribution in [0.2, 0.25) is 0 Å². The molecule has 1 unspecified atom stereocenters. The van der Waals surface area contributed by atoms with Gasteiger partial charge in [0.25, 0.3) is 5.91 Å². The maximum absolute atomic E-state index is 13.8. The van der Waals surface area contributed by atoms with Crippen LogP contribution in [0.4, 0.5) is 15.8 Å². The number of hydrogen-bond donors (Lipinski definition) is 1. The Hall–Kier alpha value is -3.69. The van der Waals surface area contributed by atoms with Gasteiger partial charge in [-0.1, -0.05) is 6.07 Å². The van der Waals surface area contributed by atoms with Gasteiger partial charge < -0.3 is 19.7 Å². The predicted molar refractivity (Wildman–Crippen MR) is 110 cm³/mol. The molecule has 0 radical (unpaired) electrons. The second kappa shape index (κ2) is 7.53. The number of anilines is 2. The molecule has 0 fully saturated rings. The summed E-state index contributed by atoms with van der Waals surface area (Å²) in [5.41, 5.74) is 3.42. The highest BCUT2D eigenvalue weighted by atomic mass is 19.1. The lowest BCUT2D eigenvalue weighted by Crippen LogP contribution is -2.44. The molecule has 0 bridgehead atoms. The lowest BCUT2D eigenvalue weighted by Gasteiger charge is -2.39. The lowest BCUT2D eigenvalue weighted by atomic mass is 10.0. The zero-order valence-corrected chi connectivity index (χ0v) is 17.1. The summed E-state index contributed by atoms with van der Waals surface area (Å²) in [6.07, 6.45) is 0.522. The highest BCUT2D eigenvalue weighted by Gasteiger charge is 2.30. The van der Waals surface area contributed by atoms with Crippen LogP contribution in [0.5, 0.6) is 11.5 Å². The molecule has 0 aliphatic carbocycles. The van der Waals surface area contributed by atoms with Crippen LogP contribution in [0, 0.1) is 12.7 Å². The van der Waals surface area contributed by atoms with E-state index in [0.29, 0.717) is 42.6 Å². The fourth-order valence-electron chi connectivity index (χ4n) is 3.99. The second-order valence-corrected chi connectivity index (χ2v) is 7.66. The molecule has 2 aliphatic heterocycles. The fourth-order valence-corrected chi connectivity index (χ4v) is 3.99. The van der Waals surface area contributed by atoms with Crippen LogP contribution >= 0.6 is 0 Å². The first-order valence-corrected chi connectivity index (χ1v) is 9.95. The minimum Gasteiger partial charge on any atom is -0.489 e.